The molecule has 2 rings (SSSR count). The molecule has 0 bridgehead atoms. The predicted octanol–water partition coefficient (Wildman–Crippen LogP) is 4.11. The van der Waals surface area contributed by atoms with Gasteiger partial charge in [-0.25, -0.2) is 0 Å². The Morgan fingerprint density at radius 1 is 1.11 bits per heavy atom. The number of carbonyl (C=O) groups is 3. The number of aliphatic carboxylic acids is 1. The first-order valence-corrected chi connectivity index (χ1v) is 9.77. The zero-order valence-electron chi connectivity index (χ0n) is 16.9. The first kappa shape index (κ1) is 21.9. The second-order valence-corrected chi connectivity index (χ2v) is 8.58. The summed E-state index contributed by atoms with van der Waals surface area (Å²) < 4.78 is 10.8. The topological polar surface area (TPSA) is 89.9 Å². The summed E-state index contributed by atoms with van der Waals surface area (Å²) in [5.74, 6) is -2.82. The van der Waals surface area contributed by atoms with Gasteiger partial charge in [-0.15, -0.1) is 0 Å². The largest absolute Gasteiger partial charge is 0.481 e. The highest BCUT2D eigenvalue weighted by atomic mass is 16.6. The van der Waals surface area contributed by atoms with Crippen molar-refractivity contribution in [3.05, 3.63) is 35.9 Å². The van der Waals surface area contributed by atoms with Crippen LogP contribution in [0.1, 0.15) is 64.9 Å². The normalized spacial score (nSPS) is 17.0. The van der Waals surface area contributed by atoms with E-state index in [1.54, 1.807) is 20.8 Å². The molecule has 1 unspecified atom stereocenters. The van der Waals surface area contributed by atoms with Crippen molar-refractivity contribution in [2.45, 2.75) is 71.5 Å². The van der Waals surface area contributed by atoms with E-state index in [-0.39, 0.29) is 19.4 Å². The highest BCUT2D eigenvalue weighted by Crippen LogP contribution is 2.44. The highest BCUT2D eigenvalue weighted by molar-refractivity contribution is 5.82. The molecule has 1 aromatic rings. The van der Waals surface area contributed by atoms with E-state index < -0.39 is 34.8 Å². The van der Waals surface area contributed by atoms with Crippen LogP contribution in [0.3, 0.4) is 0 Å². The molecule has 1 saturated carbocycles. The van der Waals surface area contributed by atoms with Gasteiger partial charge in [0.1, 0.15) is 12.2 Å². The number of esters is 2. The van der Waals surface area contributed by atoms with E-state index >= 15 is 0 Å². The Labute approximate surface area is 166 Å². The van der Waals surface area contributed by atoms with Crippen LogP contribution in [0.2, 0.25) is 0 Å². The molecule has 28 heavy (non-hydrogen) atoms. The van der Waals surface area contributed by atoms with Crippen molar-refractivity contribution >= 4 is 17.9 Å². The average Bonchev–Trinajstić information content (AvgIpc) is 3.09. The Balaban J connectivity index is 2.07. The summed E-state index contributed by atoms with van der Waals surface area (Å²) in [6, 6.07) is 9.26. The molecule has 1 fully saturated rings. The van der Waals surface area contributed by atoms with Crippen LogP contribution in [-0.4, -0.2) is 28.6 Å². The lowest BCUT2D eigenvalue weighted by molar-refractivity contribution is -0.167. The standard InChI is InChI=1S/C22H30O6/c1-21(2,3)28-19(24)17(14-22(20(25)26)11-7-8-12-22)13-18(23)27-15-16-9-5-4-6-10-16/h4-6,9-10,17H,7-8,11-15H2,1-3H3,(H,25,26). The summed E-state index contributed by atoms with van der Waals surface area (Å²) in [5, 5.41) is 9.74. The van der Waals surface area contributed by atoms with Gasteiger partial charge in [0.2, 0.25) is 0 Å². The minimum Gasteiger partial charge on any atom is -0.481 e. The number of hydrogen-bond donors (Lipinski definition) is 1. The number of carbonyl (C=O) groups excluding carboxylic acids is 2. The quantitative estimate of drug-likeness (QED) is 0.672. The molecule has 1 N–H and O–H groups in total. The summed E-state index contributed by atoms with van der Waals surface area (Å²) in [6.07, 6.45) is 2.56. The Morgan fingerprint density at radius 2 is 1.71 bits per heavy atom. The van der Waals surface area contributed by atoms with E-state index in [0.717, 1.165) is 18.4 Å². The minimum atomic E-state index is -0.971. The number of hydrogen-bond acceptors (Lipinski definition) is 5. The van der Waals surface area contributed by atoms with E-state index in [4.69, 9.17) is 9.47 Å². The first-order valence-electron chi connectivity index (χ1n) is 9.77. The molecule has 0 saturated heterocycles. The molecule has 1 aliphatic carbocycles. The zero-order chi connectivity index (χ0) is 20.8. The molecule has 6 heteroatoms. The number of carboxylic acid groups (broad SMARTS) is 1. The summed E-state index contributed by atoms with van der Waals surface area (Å²) in [7, 11) is 0. The fourth-order valence-electron chi connectivity index (χ4n) is 3.65. The highest BCUT2D eigenvalue weighted by Gasteiger charge is 2.45. The van der Waals surface area contributed by atoms with Crippen molar-refractivity contribution in [1.29, 1.82) is 0 Å². The smallest absolute Gasteiger partial charge is 0.310 e. The molecule has 0 radical (unpaired) electrons. The van der Waals surface area contributed by atoms with Gasteiger partial charge < -0.3 is 14.6 Å². The van der Waals surface area contributed by atoms with Crippen LogP contribution in [0.4, 0.5) is 0 Å². The first-order chi connectivity index (χ1) is 13.1. The number of benzene rings is 1. The Hall–Kier alpha value is -2.37. The zero-order valence-corrected chi connectivity index (χ0v) is 16.9. The van der Waals surface area contributed by atoms with Gasteiger partial charge in [0.05, 0.1) is 17.8 Å². The average molecular weight is 390 g/mol. The summed E-state index contributed by atoms with van der Waals surface area (Å²) in [6.45, 7) is 5.36. The second kappa shape index (κ2) is 9.22. The van der Waals surface area contributed by atoms with E-state index in [2.05, 4.69) is 0 Å². The van der Waals surface area contributed by atoms with Crippen LogP contribution in [-0.2, 0) is 30.5 Å². The van der Waals surface area contributed by atoms with E-state index in [0.29, 0.717) is 12.8 Å². The van der Waals surface area contributed by atoms with Gasteiger partial charge in [-0.05, 0) is 45.6 Å². The SMILES string of the molecule is CC(C)(C)OC(=O)C(CC(=O)OCc1ccccc1)CC1(C(=O)O)CCCC1. The van der Waals surface area contributed by atoms with Gasteiger partial charge in [0.15, 0.2) is 0 Å². The Bertz CT molecular complexity index is 683. The predicted molar refractivity (Wildman–Crippen MR) is 103 cm³/mol. The number of carboxylic acids is 1. The molecule has 1 atom stereocenters. The molecule has 0 aromatic heterocycles. The third-order valence-electron chi connectivity index (χ3n) is 5.05. The molecule has 154 valence electrons. The maximum atomic E-state index is 12.7. The molecule has 0 spiro atoms. The minimum absolute atomic E-state index is 0.0949. The number of ether oxygens (including phenoxy) is 2. The maximum absolute atomic E-state index is 12.7. The lowest BCUT2D eigenvalue weighted by Gasteiger charge is -2.30. The van der Waals surface area contributed by atoms with Gasteiger partial charge in [-0.2, -0.15) is 0 Å². The van der Waals surface area contributed by atoms with Crippen LogP contribution in [0.25, 0.3) is 0 Å². The molecule has 0 aliphatic heterocycles. The van der Waals surface area contributed by atoms with Crippen LogP contribution < -0.4 is 0 Å². The lowest BCUT2D eigenvalue weighted by Crippen LogP contribution is -2.37. The van der Waals surface area contributed by atoms with Crippen molar-refractivity contribution < 1.29 is 29.0 Å². The summed E-state index contributed by atoms with van der Waals surface area (Å²) in [5.41, 5.74) is -0.834. The molecule has 0 heterocycles. The monoisotopic (exact) mass is 390 g/mol. The van der Waals surface area contributed by atoms with Gasteiger partial charge in [-0.1, -0.05) is 43.2 Å². The van der Waals surface area contributed by atoms with Crippen LogP contribution in [0.5, 0.6) is 0 Å². The maximum Gasteiger partial charge on any atom is 0.310 e. The van der Waals surface area contributed by atoms with E-state index in [9.17, 15) is 19.5 Å². The fraction of sp³-hybridized carbons (Fsp3) is 0.591. The van der Waals surface area contributed by atoms with Crippen LogP contribution >= 0.6 is 0 Å². The molecule has 0 amide bonds. The molecule has 6 nitrogen and oxygen atoms in total. The third-order valence-corrected chi connectivity index (χ3v) is 5.05. The van der Waals surface area contributed by atoms with Gasteiger partial charge in [0.25, 0.3) is 0 Å². The number of rotatable bonds is 8. The Kier molecular flexibility index (Phi) is 7.22. The van der Waals surface area contributed by atoms with E-state index in [1.165, 1.54) is 0 Å². The summed E-state index contributed by atoms with van der Waals surface area (Å²) in [4.78, 5) is 37.0. The lowest BCUT2D eigenvalue weighted by atomic mass is 9.76. The third kappa shape index (κ3) is 6.36. The molecule has 1 aromatic carbocycles. The van der Waals surface area contributed by atoms with Gasteiger partial charge in [0, 0.05) is 0 Å². The molecular formula is C22H30O6. The van der Waals surface area contributed by atoms with Crippen molar-refractivity contribution in [1.82, 2.24) is 0 Å². The fourth-order valence-corrected chi connectivity index (χ4v) is 3.65. The summed E-state index contributed by atoms with van der Waals surface area (Å²) >= 11 is 0. The van der Waals surface area contributed by atoms with Gasteiger partial charge in [-0.3, -0.25) is 14.4 Å². The molecular weight excluding hydrogens is 360 g/mol. The van der Waals surface area contributed by atoms with Crippen LogP contribution in [0.15, 0.2) is 30.3 Å². The van der Waals surface area contributed by atoms with Crippen LogP contribution in [0, 0.1) is 11.3 Å². The van der Waals surface area contributed by atoms with Gasteiger partial charge >= 0.3 is 17.9 Å². The van der Waals surface area contributed by atoms with Crippen molar-refractivity contribution in [3.63, 3.8) is 0 Å². The van der Waals surface area contributed by atoms with Crippen molar-refractivity contribution in [2.24, 2.45) is 11.3 Å². The van der Waals surface area contributed by atoms with Crippen molar-refractivity contribution in [2.75, 3.05) is 0 Å². The molecule has 1 aliphatic rings. The van der Waals surface area contributed by atoms with Crippen molar-refractivity contribution in [3.8, 4) is 0 Å². The van der Waals surface area contributed by atoms with E-state index in [1.807, 2.05) is 30.3 Å². The second-order valence-electron chi connectivity index (χ2n) is 8.58. The Morgan fingerprint density at radius 3 is 2.25 bits per heavy atom.